The lowest BCUT2D eigenvalue weighted by molar-refractivity contribution is -0.138. The fraction of sp³-hybridized carbons (Fsp3) is 0.462. The molecule has 0 spiro atoms. The highest BCUT2D eigenvalue weighted by Gasteiger charge is 2.33. The highest BCUT2D eigenvalue weighted by Crippen LogP contribution is 2.36. The molecule has 1 aromatic rings. The average molecular weight is 353 g/mol. The molecule has 0 heterocycles. The number of alkyl halides is 3. The van der Waals surface area contributed by atoms with Gasteiger partial charge in [-0.2, -0.15) is 13.2 Å². The molecule has 3 nitrogen and oxygen atoms in total. The Labute approximate surface area is 123 Å². The molecule has 1 unspecified atom stereocenters. The minimum atomic E-state index is -4.47. The predicted molar refractivity (Wildman–Crippen MR) is 75.2 cm³/mol. The number of hydrogen-bond donors (Lipinski definition) is 2. The van der Waals surface area contributed by atoms with Gasteiger partial charge in [-0.15, -0.1) is 0 Å². The minimum absolute atomic E-state index is 0.0563. The summed E-state index contributed by atoms with van der Waals surface area (Å²) >= 11 is 2.85. The second-order valence-corrected chi connectivity index (χ2v) is 5.37. The van der Waals surface area contributed by atoms with Crippen LogP contribution < -0.4 is 11.1 Å². The van der Waals surface area contributed by atoms with E-state index < -0.39 is 11.7 Å². The van der Waals surface area contributed by atoms with Crippen LogP contribution in [0.3, 0.4) is 0 Å². The van der Waals surface area contributed by atoms with Gasteiger partial charge in [0.2, 0.25) is 5.91 Å². The van der Waals surface area contributed by atoms with E-state index in [1.54, 1.807) is 6.92 Å². The number of nitrogens with one attached hydrogen (secondary N) is 1. The topological polar surface area (TPSA) is 55.1 Å². The van der Waals surface area contributed by atoms with Gasteiger partial charge in [0.05, 0.1) is 5.56 Å². The van der Waals surface area contributed by atoms with E-state index in [1.807, 2.05) is 0 Å². The second kappa shape index (κ2) is 7.08. The number of carbonyl (C=O) groups is 1. The van der Waals surface area contributed by atoms with E-state index in [9.17, 15) is 18.0 Å². The monoisotopic (exact) mass is 352 g/mol. The molecule has 0 bridgehead atoms. The molecule has 20 heavy (non-hydrogen) atoms. The number of halogens is 4. The van der Waals surface area contributed by atoms with E-state index in [0.29, 0.717) is 19.4 Å². The summed E-state index contributed by atoms with van der Waals surface area (Å²) in [6.45, 7) is 2.20. The number of amides is 1. The molecule has 1 atom stereocenters. The van der Waals surface area contributed by atoms with Crippen molar-refractivity contribution >= 4 is 27.5 Å². The van der Waals surface area contributed by atoms with Crippen LogP contribution in [0.5, 0.6) is 0 Å². The van der Waals surface area contributed by atoms with Gasteiger partial charge in [-0.1, -0.05) is 22.9 Å². The highest BCUT2D eigenvalue weighted by atomic mass is 79.9. The van der Waals surface area contributed by atoms with Crippen molar-refractivity contribution in [2.24, 2.45) is 11.7 Å². The Kier molecular flexibility index (Phi) is 6.01. The minimum Gasteiger partial charge on any atom is -0.330 e. The van der Waals surface area contributed by atoms with Gasteiger partial charge in [-0.3, -0.25) is 4.79 Å². The first-order valence-corrected chi connectivity index (χ1v) is 6.92. The third-order valence-electron chi connectivity index (χ3n) is 2.83. The molecule has 0 aliphatic heterocycles. The van der Waals surface area contributed by atoms with Crippen molar-refractivity contribution in [1.29, 1.82) is 0 Å². The molecular formula is C13H16BrF3N2O. The van der Waals surface area contributed by atoms with Gasteiger partial charge in [0, 0.05) is 16.1 Å². The molecule has 0 radical (unpaired) electrons. The van der Waals surface area contributed by atoms with Crippen molar-refractivity contribution in [1.82, 2.24) is 0 Å². The van der Waals surface area contributed by atoms with Crippen LogP contribution in [0.4, 0.5) is 18.9 Å². The van der Waals surface area contributed by atoms with Gasteiger partial charge in [-0.05, 0) is 37.6 Å². The normalized spacial score (nSPS) is 13.1. The van der Waals surface area contributed by atoms with Gasteiger partial charge in [0.15, 0.2) is 0 Å². The van der Waals surface area contributed by atoms with E-state index >= 15 is 0 Å². The van der Waals surface area contributed by atoms with Crippen LogP contribution in [-0.2, 0) is 11.0 Å². The lowest BCUT2D eigenvalue weighted by Gasteiger charge is -2.14. The summed E-state index contributed by atoms with van der Waals surface area (Å²) < 4.78 is 38.1. The predicted octanol–water partition coefficient (Wildman–Crippen LogP) is 3.78. The van der Waals surface area contributed by atoms with Crippen molar-refractivity contribution in [2.75, 3.05) is 11.9 Å². The van der Waals surface area contributed by atoms with Gasteiger partial charge in [0.25, 0.3) is 0 Å². The molecule has 112 valence electrons. The van der Waals surface area contributed by atoms with E-state index in [1.165, 1.54) is 12.1 Å². The van der Waals surface area contributed by atoms with Crippen LogP contribution >= 0.6 is 15.9 Å². The standard InChI is InChI=1S/C13H16BrF3N2O/c1-8(3-2-6-18)12(20)19-9-4-5-11(14)10(7-9)13(15,16)17/h4-5,7-8H,2-3,6,18H2,1H3,(H,19,20). The average Bonchev–Trinajstić information content (AvgIpc) is 2.36. The van der Waals surface area contributed by atoms with Crippen LogP contribution in [0, 0.1) is 5.92 Å². The first-order chi connectivity index (χ1) is 9.25. The fourth-order valence-electron chi connectivity index (χ4n) is 1.64. The number of anilines is 1. The number of carbonyl (C=O) groups excluding carboxylic acids is 1. The van der Waals surface area contributed by atoms with E-state index in [-0.39, 0.29) is 22.0 Å². The molecule has 0 aromatic heterocycles. The first kappa shape index (κ1) is 17.0. The Morgan fingerprint density at radius 1 is 1.45 bits per heavy atom. The Morgan fingerprint density at radius 2 is 2.10 bits per heavy atom. The lowest BCUT2D eigenvalue weighted by Crippen LogP contribution is -2.21. The van der Waals surface area contributed by atoms with Gasteiger partial charge < -0.3 is 11.1 Å². The number of rotatable bonds is 5. The summed E-state index contributed by atoms with van der Waals surface area (Å²) in [6.07, 6.45) is -3.17. The molecule has 0 aliphatic carbocycles. The SMILES string of the molecule is CC(CCCN)C(=O)Nc1ccc(Br)c(C(F)(F)F)c1. The van der Waals surface area contributed by atoms with Gasteiger partial charge >= 0.3 is 6.18 Å². The maximum atomic E-state index is 12.7. The lowest BCUT2D eigenvalue weighted by atomic mass is 10.0. The molecule has 0 saturated heterocycles. The number of benzene rings is 1. The van der Waals surface area contributed by atoms with Crippen molar-refractivity contribution in [3.8, 4) is 0 Å². The van der Waals surface area contributed by atoms with Crippen LogP contribution in [0.1, 0.15) is 25.3 Å². The maximum absolute atomic E-state index is 12.7. The summed E-state index contributed by atoms with van der Waals surface area (Å²) in [6, 6.07) is 3.60. The molecular weight excluding hydrogens is 337 g/mol. The van der Waals surface area contributed by atoms with Crippen molar-refractivity contribution < 1.29 is 18.0 Å². The first-order valence-electron chi connectivity index (χ1n) is 6.13. The van der Waals surface area contributed by atoms with Crippen molar-refractivity contribution in [3.05, 3.63) is 28.2 Å². The maximum Gasteiger partial charge on any atom is 0.417 e. The third-order valence-corrected chi connectivity index (χ3v) is 3.52. The Morgan fingerprint density at radius 3 is 2.65 bits per heavy atom. The summed E-state index contributed by atoms with van der Waals surface area (Å²) in [4.78, 5) is 11.8. The molecule has 0 aliphatic rings. The van der Waals surface area contributed by atoms with E-state index in [4.69, 9.17) is 5.73 Å². The molecule has 1 amide bonds. The smallest absolute Gasteiger partial charge is 0.330 e. The fourth-order valence-corrected chi connectivity index (χ4v) is 2.11. The summed E-state index contributed by atoms with van der Waals surface area (Å²) in [5.41, 5.74) is 4.67. The molecule has 0 saturated carbocycles. The number of nitrogens with two attached hydrogens (primary N) is 1. The largest absolute Gasteiger partial charge is 0.417 e. The van der Waals surface area contributed by atoms with Crippen LogP contribution in [0.15, 0.2) is 22.7 Å². The van der Waals surface area contributed by atoms with Crippen molar-refractivity contribution in [3.63, 3.8) is 0 Å². The highest BCUT2D eigenvalue weighted by molar-refractivity contribution is 9.10. The zero-order valence-electron chi connectivity index (χ0n) is 10.9. The molecule has 7 heteroatoms. The second-order valence-electron chi connectivity index (χ2n) is 4.51. The van der Waals surface area contributed by atoms with Crippen LogP contribution in [0.25, 0.3) is 0 Å². The third kappa shape index (κ3) is 4.79. The van der Waals surface area contributed by atoms with Gasteiger partial charge in [-0.25, -0.2) is 0 Å². The van der Waals surface area contributed by atoms with E-state index in [0.717, 1.165) is 6.07 Å². The zero-order valence-corrected chi connectivity index (χ0v) is 12.5. The molecule has 3 N–H and O–H groups in total. The summed E-state index contributed by atoms with van der Waals surface area (Å²) in [5.74, 6) is -0.606. The zero-order chi connectivity index (χ0) is 15.3. The Bertz CT molecular complexity index is 477. The molecule has 1 rings (SSSR count). The summed E-state index contributed by atoms with van der Waals surface area (Å²) in [7, 11) is 0. The van der Waals surface area contributed by atoms with Crippen LogP contribution in [0.2, 0.25) is 0 Å². The molecule has 1 aromatic carbocycles. The Hall–Kier alpha value is -1.08. The Balaban J connectivity index is 2.81. The van der Waals surface area contributed by atoms with Gasteiger partial charge in [0.1, 0.15) is 0 Å². The molecule has 0 fully saturated rings. The summed E-state index contributed by atoms with van der Waals surface area (Å²) in [5, 5.41) is 2.49. The van der Waals surface area contributed by atoms with E-state index in [2.05, 4.69) is 21.2 Å². The quantitative estimate of drug-likeness (QED) is 0.847. The number of hydrogen-bond acceptors (Lipinski definition) is 2. The van der Waals surface area contributed by atoms with Crippen molar-refractivity contribution in [2.45, 2.75) is 25.9 Å². The van der Waals surface area contributed by atoms with Crippen LogP contribution in [-0.4, -0.2) is 12.5 Å².